The van der Waals surface area contributed by atoms with Crippen LogP contribution in [0, 0.1) is 5.92 Å². The summed E-state index contributed by atoms with van der Waals surface area (Å²) in [4.78, 5) is 0.846. The highest BCUT2D eigenvalue weighted by molar-refractivity contribution is 7.91. The second-order valence-electron chi connectivity index (χ2n) is 5.47. The highest BCUT2D eigenvalue weighted by atomic mass is 32.2. The van der Waals surface area contributed by atoms with Gasteiger partial charge in [0, 0.05) is 0 Å². The molecule has 0 bridgehead atoms. The molecule has 0 saturated carbocycles. The van der Waals surface area contributed by atoms with Crippen molar-refractivity contribution in [1.29, 1.82) is 0 Å². The number of nitrogens with zero attached hydrogens (tertiary/aromatic N) is 2. The average molecular weight is 328 g/mol. The maximum Gasteiger partial charge on any atom is 0.257 e. The van der Waals surface area contributed by atoms with E-state index in [0.717, 1.165) is 11.3 Å². The number of thiophene rings is 1. The lowest BCUT2D eigenvalue weighted by Crippen LogP contribution is -2.15. The third-order valence-electron chi connectivity index (χ3n) is 3.27. The van der Waals surface area contributed by atoms with Gasteiger partial charge in [-0.25, -0.2) is 8.42 Å². The number of sulfone groups is 1. The van der Waals surface area contributed by atoms with Crippen LogP contribution in [0.5, 0.6) is 0 Å². The van der Waals surface area contributed by atoms with Crippen molar-refractivity contribution in [2.75, 3.05) is 5.75 Å². The first-order valence-corrected chi connectivity index (χ1v) is 9.58. The predicted molar refractivity (Wildman–Crippen MR) is 83.9 cm³/mol. The van der Waals surface area contributed by atoms with Crippen LogP contribution in [0.15, 0.2) is 21.9 Å². The van der Waals surface area contributed by atoms with Gasteiger partial charge in [-0.1, -0.05) is 26.3 Å². The zero-order chi connectivity index (χ0) is 15.5. The Bertz CT molecular complexity index is 660. The Morgan fingerprint density at radius 2 is 2.05 bits per heavy atom. The number of aromatic nitrogens is 2. The molecule has 1 atom stereocenters. The van der Waals surface area contributed by atoms with Crippen molar-refractivity contribution in [1.82, 2.24) is 10.2 Å². The fraction of sp³-hybridized carbons (Fsp3) is 0.571. The molecule has 0 amide bonds. The average Bonchev–Trinajstić information content (AvgIpc) is 3.08. The first-order chi connectivity index (χ1) is 9.90. The normalized spacial score (nSPS) is 13.7. The first-order valence-electron chi connectivity index (χ1n) is 6.99. The number of rotatable bonds is 7. The molecule has 2 heterocycles. The topological polar surface area (TPSA) is 73.1 Å². The van der Waals surface area contributed by atoms with E-state index < -0.39 is 15.1 Å². The molecule has 2 rings (SSSR count). The standard InChI is InChI=1S/C14H20N2O3S2/c1-10(2)6-5-9-21(17,18)11(3)13-15-16-14(19-13)12-7-4-8-20-12/h4,7-8,10-11H,5-6,9H2,1-3H3/t11-/m0/s1. The van der Waals surface area contributed by atoms with Crippen molar-refractivity contribution in [3.05, 3.63) is 23.4 Å². The molecule has 0 aromatic carbocycles. The summed E-state index contributed by atoms with van der Waals surface area (Å²) in [5.74, 6) is 1.21. The molecular weight excluding hydrogens is 308 g/mol. The number of hydrogen-bond acceptors (Lipinski definition) is 6. The van der Waals surface area contributed by atoms with Crippen molar-refractivity contribution in [3.63, 3.8) is 0 Å². The summed E-state index contributed by atoms with van der Waals surface area (Å²) in [6, 6.07) is 3.75. The molecule has 0 N–H and O–H groups in total. The molecule has 116 valence electrons. The van der Waals surface area contributed by atoms with Crippen LogP contribution in [0.2, 0.25) is 0 Å². The molecular formula is C14H20N2O3S2. The Hall–Kier alpha value is -1.21. The van der Waals surface area contributed by atoms with Crippen molar-refractivity contribution < 1.29 is 12.8 Å². The Morgan fingerprint density at radius 3 is 2.67 bits per heavy atom. The van der Waals surface area contributed by atoms with E-state index in [1.807, 2.05) is 17.5 Å². The molecule has 0 aliphatic carbocycles. The number of hydrogen-bond donors (Lipinski definition) is 0. The van der Waals surface area contributed by atoms with E-state index in [0.29, 0.717) is 18.2 Å². The van der Waals surface area contributed by atoms with Gasteiger partial charge in [0.1, 0.15) is 5.25 Å². The molecule has 0 aliphatic heterocycles. The van der Waals surface area contributed by atoms with Gasteiger partial charge in [0.05, 0.1) is 10.6 Å². The van der Waals surface area contributed by atoms with E-state index in [4.69, 9.17) is 4.42 Å². The summed E-state index contributed by atoms with van der Waals surface area (Å²) < 4.78 is 30.1. The van der Waals surface area contributed by atoms with Crippen molar-refractivity contribution in [3.8, 4) is 10.8 Å². The Kier molecular flexibility index (Phi) is 5.16. The molecule has 0 saturated heterocycles. The molecule has 2 aromatic heterocycles. The van der Waals surface area contributed by atoms with Crippen molar-refractivity contribution in [2.24, 2.45) is 5.92 Å². The highest BCUT2D eigenvalue weighted by Gasteiger charge is 2.27. The van der Waals surface area contributed by atoms with Gasteiger partial charge >= 0.3 is 0 Å². The molecule has 0 spiro atoms. The Balaban J connectivity index is 2.07. The van der Waals surface area contributed by atoms with Gasteiger partial charge in [-0.05, 0) is 30.7 Å². The van der Waals surface area contributed by atoms with Crippen LogP contribution < -0.4 is 0 Å². The third kappa shape index (κ3) is 4.14. The summed E-state index contributed by atoms with van der Waals surface area (Å²) in [6.45, 7) is 5.78. The van der Waals surface area contributed by atoms with E-state index in [-0.39, 0.29) is 11.6 Å². The lowest BCUT2D eigenvalue weighted by molar-refractivity contribution is 0.493. The van der Waals surface area contributed by atoms with Crippen molar-refractivity contribution in [2.45, 2.75) is 38.9 Å². The van der Waals surface area contributed by atoms with E-state index in [1.165, 1.54) is 11.3 Å². The SMILES string of the molecule is CC(C)CCCS(=O)(=O)[C@@H](C)c1nnc(-c2cccs2)o1. The summed E-state index contributed by atoms with van der Waals surface area (Å²) in [5.41, 5.74) is 0. The maximum atomic E-state index is 12.3. The van der Waals surface area contributed by atoms with Gasteiger partial charge in [-0.15, -0.1) is 21.5 Å². The zero-order valence-electron chi connectivity index (χ0n) is 12.4. The van der Waals surface area contributed by atoms with Gasteiger partial charge in [0.2, 0.25) is 5.89 Å². The minimum absolute atomic E-state index is 0.156. The second-order valence-corrected chi connectivity index (χ2v) is 8.86. The van der Waals surface area contributed by atoms with E-state index in [9.17, 15) is 8.42 Å². The van der Waals surface area contributed by atoms with Crippen LogP contribution in [0.3, 0.4) is 0 Å². The molecule has 7 heteroatoms. The lowest BCUT2D eigenvalue weighted by Gasteiger charge is -2.09. The zero-order valence-corrected chi connectivity index (χ0v) is 14.1. The van der Waals surface area contributed by atoms with Crippen LogP contribution in [0.25, 0.3) is 10.8 Å². The molecule has 0 radical (unpaired) electrons. The molecule has 0 fully saturated rings. The Morgan fingerprint density at radius 1 is 1.29 bits per heavy atom. The van der Waals surface area contributed by atoms with Crippen LogP contribution in [0.4, 0.5) is 0 Å². The molecule has 21 heavy (non-hydrogen) atoms. The smallest absolute Gasteiger partial charge is 0.257 e. The maximum absolute atomic E-state index is 12.3. The fourth-order valence-corrected chi connectivity index (χ4v) is 3.89. The molecule has 0 aliphatic rings. The van der Waals surface area contributed by atoms with Gasteiger partial charge in [-0.2, -0.15) is 0 Å². The molecule has 0 unspecified atom stereocenters. The van der Waals surface area contributed by atoms with Crippen LogP contribution in [-0.4, -0.2) is 24.4 Å². The van der Waals surface area contributed by atoms with E-state index >= 15 is 0 Å². The van der Waals surface area contributed by atoms with Crippen LogP contribution in [0.1, 0.15) is 44.8 Å². The van der Waals surface area contributed by atoms with Crippen LogP contribution >= 0.6 is 11.3 Å². The van der Waals surface area contributed by atoms with Crippen LogP contribution in [-0.2, 0) is 9.84 Å². The summed E-state index contributed by atoms with van der Waals surface area (Å²) >= 11 is 1.48. The van der Waals surface area contributed by atoms with E-state index in [2.05, 4.69) is 24.0 Å². The highest BCUT2D eigenvalue weighted by Crippen LogP contribution is 2.28. The monoisotopic (exact) mass is 328 g/mol. The predicted octanol–water partition coefficient (Wildman–Crippen LogP) is 3.71. The van der Waals surface area contributed by atoms with Gasteiger partial charge in [0.25, 0.3) is 5.89 Å². The van der Waals surface area contributed by atoms with Gasteiger partial charge < -0.3 is 4.42 Å². The summed E-state index contributed by atoms with van der Waals surface area (Å²) in [6.07, 6.45) is 1.56. The second kappa shape index (κ2) is 6.70. The minimum Gasteiger partial charge on any atom is -0.419 e. The van der Waals surface area contributed by atoms with E-state index in [1.54, 1.807) is 6.92 Å². The van der Waals surface area contributed by atoms with Crippen molar-refractivity contribution >= 4 is 21.2 Å². The summed E-state index contributed by atoms with van der Waals surface area (Å²) in [7, 11) is -3.26. The lowest BCUT2D eigenvalue weighted by atomic mass is 10.1. The quantitative estimate of drug-likeness (QED) is 0.774. The van der Waals surface area contributed by atoms with Gasteiger partial charge in [-0.3, -0.25) is 0 Å². The summed E-state index contributed by atoms with van der Waals surface area (Å²) in [5, 5.41) is 8.97. The van der Waals surface area contributed by atoms with Gasteiger partial charge in [0.15, 0.2) is 9.84 Å². The molecule has 5 nitrogen and oxygen atoms in total. The Labute approximate surface area is 129 Å². The minimum atomic E-state index is -3.26. The largest absolute Gasteiger partial charge is 0.419 e. The third-order valence-corrected chi connectivity index (χ3v) is 6.26. The molecule has 2 aromatic rings. The fourth-order valence-electron chi connectivity index (χ4n) is 1.92. The first kappa shape index (κ1) is 16.2.